The number of methoxy groups -OCH3 is 1. The Morgan fingerprint density at radius 3 is 2.74 bits per heavy atom. The summed E-state index contributed by atoms with van der Waals surface area (Å²) >= 11 is 6.13. The first kappa shape index (κ1) is 15.8. The zero-order chi connectivity index (χ0) is 14.4. The molecule has 0 aromatic heterocycles. The van der Waals surface area contributed by atoms with Gasteiger partial charge in [0.1, 0.15) is 0 Å². The Balaban J connectivity index is 2.67. The smallest absolute Gasteiger partial charge is 0.241 e. The van der Waals surface area contributed by atoms with Gasteiger partial charge in [0, 0.05) is 33.5 Å². The fraction of sp³-hybridized carbons (Fsp3) is 0.462. The second-order valence-electron chi connectivity index (χ2n) is 4.44. The molecule has 0 aliphatic rings. The average Bonchev–Trinajstić information content (AvgIpc) is 2.35. The van der Waals surface area contributed by atoms with Crippen LogP contribution in [-0.4, -0.2) is 39.8 Å². The summed E-state index contributed by atoms with van der Waals surface area (Å²) in [7, 11) is 5.38. The van der Waals surface area contributed by atoms with Gasteiger partial charge in [0.05, 0.1) is 16.8 Å². The van der Waals surface area contributed by atoms with Gasteiger partial charge in [-0.3, -0.25) is 4.79 Å². The molecule has 0 aliphatic heterocycles. The number of nitrogens with two attached hydrogens (primary N) is 1. The number of benzene rings is 1. The van der Waals surface area contributed by atoms with E-state index in [1.165, 1.54) is 0 Å². The second kappa shape index (κ2) is 7.33. The van der Waals surface area contributed by atoms with Crippen LogP contribution in [0.25, 0.3) is 0 Å². The molecule has 1 rings (SSSR count). The van der Waals surface area contributed by atoms with Crippen LogP contribution in [0.15, 0.2) is 18.2 Å². The first-order chi connectivity index (χ1) is 8.95. The average molecular weight is 286 g/mol. The number of rotatable bonds is 6. The summed E-state index contributed by atoms with van der Waals surface area (Å²) in [5, 5.41) is 3.31. The molecular formula is C13H20ClN3O2. The van der Waals surface area contributed by atoms with Crippen LogP contribution in [-0.2, 0) is 9.53 Å². The number of nitrogens with zero attached hydrogens (tertiary/aromatic N) is 1. The lowest BCUT2D eigenvalue weighted by Gasteiger charge is -2.16. The van der Waals surface area contributed by atoms with Crippen molar-refractivity contribution >= 4 is 28.9 Å². The van der Waals surface area contributed by atoms with Crippen LogP contribution < -0.4 is 16.0 Å². The number of halogens is 1. The SMILES string of the molecule is COCCC(N)C(=O)Nc1ccc(N(C)C)c(Cl)c1. The standard InChI is InChI=1S/C13H20ClN3O2/c1-17(2)12-5-4-9(8-10(12)14)16-13(18)11(15)6-7-19-3/h4-5,8,11H,6-7,15H2,1-3H3,(H,16,18). The number of ether oxygens (including phenoxy) is 1. The van der Waals surface area contributed by atoms with Gasteiger partial charge in [0.25, 0.3) is 0 Å². The number of carbonyl (C=O) groups is 1. The fourth-order valence-electron chi connectivity index (χ4n) is 1.56. The van der Waals surface area contributed by atoms with Crippen molar-refractivity contribution in [3.05, 3.63) is 23.2 Å². The third-order valence-electron chi connectivity index (χ3n) is 2.67. The molecular weight excluding hydrogens is 266 g/mol. The summed E-state index contributed by atoms with van der Waals surface area (Å²) in [6.07, 6.45) is 0.478. The third kappa shape index (κ3) is 4.70. The van der Waals surface area contributed by atoms with Crippen molar-refractivity contribution in [2.45, 2.75) is 12.5 Å². The topological polar surface area (TPSA) is 67.6 Å². The highest BCUT2D eigenvalue weighted by molar-refractivity contribution is 6.33. The molecule has 106 valence electrons. The van der Waals surface area contributed by atoms with E-state index in [4.69, 9.17) is 22.1 Å². The maximum atomic E-state index is 11.8. The molecule has 1 atom stereocenters. The van der Waals surface area contributed by atoms with Gasteiger partial charge in [0.2, 0.25) is 5.91 Å². The van der Waals surface area contributed by atoms with E-state index in [1.807, 2.05) is 25.1 Å². The van der Waals surface area contributed by atoms with E-state index in [0.29, 0.717) is 23.7 Å². The van der Waals surface area contributed by atoms with Gasteiger partial charge in [-0.25, -0.2) is 0 Å². The highest BCUT2D eigenvalue weighted by Crippen LogP contribution is 2.27. The Hall–Kier alpha value is -1.30. The summed E-state index contributed by atoms with van der Waals surface area (Å²) in [5.41, 5.74) is 7.26. The lowest BCUT2D eigenvalue weighted by molar-refractivity contribution is -0.117. The molecule has 1 aromatic rings. The van der Waals surface area contributed by atoms with Crippen LogP contribution >= 0.6 is 11.6 Å². The molecule has 0 saturated heterocycles. The predicted molar refractivity (Wildman–Crippen MR) is 78.9 cm³/mol. The fourth-order valence-corrected chi connectivity index (χ4v) is 1.91. The molecule has 3 N–H and O–H groups in total. The molecule has 19 heavy (non-hydrogen) atoms. The van der Waals surface area contributed by atoms with E-state index >= 15 is 0 Å². The second-order valence-corrected chi connectivity index (χ2v) is 4.85. The minimum atomic E-state index is -0.591. The van der Waals surface area contributed by atoms with Crippen LogP contribution in [0.5, 0.6) is 0 Å². The summed E-state index contributed by atoms with van der Waals surface area (Å²) in [6.45, 7) is 0.453. The van der Waals surface area contributed by atoms with E-state index in [2.05, 4.69) is 5.32 Å². The van der Waals surface area contributed by atoms with Crippen LogP contribution in [0, 0.1) is 0 Å². The summed E-state index contributed by atoms with van der Waals surface area (Å²) in [5.74, 6) is -0.245. The molecule has 0 bridgehead atoms. The Labute approximate surface area is 118 Å². The van der Waals surface area contributed by atoms with E-state index in [-0.39, 0.29) is 5.91 Å². The zero-order valence-corrected chi connectivity index (χ0v) is 12.2. The van der Waals surface area contributed by atoms with E-state index in [9.17, 15) is 4.79 Å². The molecule has 0 saturated carbocycles. The first-order valence-electron chi connectivity index (χ1n) is 5.98. The number of hydrogen-bond donors (Lipinski definition) is 2. The first-order valence-corrected chi connectivity index (χ1v) is 6.35. The van der Waals surface area contributed by atoms with Crippen molar-refractivity contribution in [2.75, 3.05) is 38.0 Å². The van der Waals surface area contributed by atoms with Crippen LogP contribution in [0.3, 0.4) is 0 Å². The number of anilines is 2. The molecule has 1 aromatic carbocycles. The molecule has 1 unspecified atom stereocenters. The number of carbonyl (C=O) groups excluding carboxylic acids is 1. The lowest BCUT2D eigenvalue weighted by atomic mass is 10.2. The van der Waals surface area contributed by atoms with Gasteiger partial charge in [-0.2, -0.15) is 0 Å². The Bertz CT molecular complexity index is 438. The van der Waals surface area contributed by atoms with Crippen LogP contribution in [0.2, 0.25) is 5.02 Å². The quantitative estimate of drug-likeness (QED) is 0.835. The Kier molecular flexibility index (Phi) is 6.08. The van der Waals surface area contributed by atoms with Gasteiger partial charge in [-0.1, -0.05) is 11.6 Å². The summed E-state index contributed by atoms with van der Waals surface area (Å²) in [6, 6.07) is 4.76. The number of nitrogens with one attached hydrogen (secondary N) is 1. The molecule has 1 amide bonds. The highest BCUT2D eigenvalue weighted by Gasteiger charge is 2.14. The molecule has 0 aliphatic carbocycles. The van der Waals surface area contributed by atoms with Crippen molar-refractivity contribution in [1.82, 2.24) is 0 Å². The van der Waals surface area contributed by atoms with Gasteiger partial charge >= 0.3 is 0 Å². The Morgan fingerprint density at radius 1 is 1.53 bits per heavy atom. The van der Waals surface area contributed by atoms with Gasteiger partial charge in [0.15, 0.2) is 0 Å². The monoisotopic (exact) mass is 285 g/mol. The summed E-state index contributed by atoms with van der Waals surface area (Å²) < 4.78 is 4.89. The van der Waals surface area contributed by atoms with E-state index in [0.717, 1.165) is 5.69 Å². The van der Waals surface area contributed by atoms with Crippen molar-refractivity contribution in [3.8, 4) is 0 Å². The number of hydrogen-bond acceptors (Lipinski definition) is 4. The van der Waals surface area contributed by atoms with E-state index < -0.39 is 6.04 Å². The molecule has 0 radical (unpaired) electrons. The predicted octanol–water partition coefficient (Wildman–Crippen LogP) is 1.71. The summed E-state index contributed by atoms with van der Waals surface area (Å²) in [4.78, 5) is 13.7. The van der Waals surface area contributed by atoms with Gasteiger partial charge < -0.3 is 20.7 Å². The molecule has 0 fully saturated rings. The largest absolute Gasteiger partial charge is 0.385 e. The molecule has 0 heterocycles. The Morgan fingerprint density at radius 2 is 2.21 bits per heavy atom. The number of amides is 1. The van der Waals surface area contributed by atoms with Crippen molar-refractivity contribution < 1.29 is 9.53 Å². The van der Waals surface area contributed by atoms with E-state index in [1.54, 1.807) is 19.2 Å². The normalized spacial score (nSPS) is 12.1. The molecule has 5 nitrogen and oxygen atoms in total. The van der Waals surface area contributed by atoms with Crippen molar-refractivity contribution in [2.24, 2.45) is 5.73 Å². The minimum Gasteiger partial charge on any atom is -0.385 e. The van der Waals surface area contributed by atoms with Gasteiger partial charge in [-0.15, -0.1) is 0 Å². The zero-order valence-electron chi connectivity index (χ0n) is 11.4. The minimum absolute atomic E-state index is 0.245. The molecule has 0 spiro atoms. The van der Waals surface area contributed by atoms with Gasteiger partial charge in [-0.05, 0) is 24.6 Å². The highest BCUT2D eigenvalue weighted by atomic mass is 35.5. The van der Waals surface area contributed by atoms with Crippen molar-refractivity contribution in [3.63, 3.8) is 0 Å². The van der Waals surface area contributed by atoms with Crippen molar-refractivity contribution in [1.29, 1.82) is 0 Å². The lowest BCUT2D eigenvalue weighted by Crippen LogP contribution is -2.36. The maximum Gasteiger partial charge on any atom is 0.241 e. The third-order valence-corrected chi connectivity index (χ3v) is 2.97. The molecule has 6 heteroatoms. The van der Waals surface area contributed by atoms with Crippen LogP contribution in [0.4, 0.5) is 11.4 Å². The van der Waals surface area contributed by atoms with Crippen LogP contribution in [0.1, 0.15) is 6.42 Å². The maximum absolute atomic E-state index is 11.8.